The first-order chi connectivity index (χ1) is 20.4. The molecule has 0 aromatic carbocycles. The van der Waals surface area contributed by atoms with Gasteiger partial charge in [-0.2, -0.15) is 0 Å². The van der Waals surface area contributed by atoms with Gasteiger partial charge in [-0.05, 0) is 86.4 Å². The average Bonchev–Trinajstić information content (AvgIpc) is 3.24. The van der Waals surface area contributed by atoms with Crippen molar-refractivity contribution in [1.82, 2.24) is 0 Å². The van der Waals surface area contributed by atoms with Crippen molar-refractivity contribution in [1.29, 1.82) is 0 Å². The van der Waals surface area contributed by atoms with E-state index in [2.05, 4.69) is 53.7 Å². The van der Waals surface area contributed by atoms with E-state index in [4.69, 9.17) is 14.2 Å². The number of rotatable bonds is 3. The second kappa shape index (κ2) is 9.74. The van der Waals surface area contributed by atoms with Crippen LogP contribution in [0.25, 0.3) is 0 Å². The lowest BCUT2D eigenvalue weighted by molar-refractivity contribution is -0.329. The molecule has 1 spiro atoms. The van der Waals surface area contributed by atoms with Crippen molar-refractivity contribution in [3.8, 4) is 0 Å². The lowest BCUT2D eigenvalue weighted by Crippen LogP contribution is -2.72. The Kier molecular flexibility index (Phi) is 7.08. The van der Waals surface area contributed by atoms with Gasteiger partial charge in [0.05, 0.1) is 37.1 Å². The Balaban J connectivity index is 1.23. The molecule has 2 heterocycles. The molecule has 0 aromatic heterocycles. The van der Waals surface area contributed by atoms with Crippen molar-refractivity contribution >= 4 is 0 Å². The lowest BCUT2D eigenvalue weighted by atomic mass is 9.32. The maximum absolute atomic E-state index is 12.0. The molecule has 0 radical (unpaired) electrons. The SMILES string of the molecule is C[C@H]1O[C@@H](O[C@H]2CC[C@@]3(C)[C@@H](CC[C@]4(C)[C@@H]3C=CC35OCC6(CCC(C)(C)C[C@H]63)[C@@H](O)C[C@]54C)[C@]2(C)CO)[C@H](O)[C@@H](O)[C@H]1O. The molecule has 5 aliphatic carbocycles. The Morgan fingerprint density at radius 3 is 2.27 bits per heavy atom. The highest BCUT2D eigenvalue weighted by molar-refractivity contribution is 5.36. The first-order valence-electron chi connectivity index (χ1n) is 17.4. The highest BCUT2D eigenvalue weighted by Crippen LogP contribution is 2.79. The highest BCUT2D eigenvalue weighted by atomic mass is 16.7. The number of fused-ring (bicyclic) bond motifs is 4. The molecule has 5 N–H and O–H groups in total. The van der Waals surface area contributed by atoms with Gasteiger partial charge >= 0.3 is 0 Å². The smallest absolute Gasteiger partial charge is 0.186 e. The molecule has 6 fully saturated rings. The third-order valence-corrected chi connectivity index (χ3v) is 15.8. The van der Waals surface area contributed by atoms with E-state index in [-0.39, 0.29) is 63.3 Å². The van der Waals surface area contributed by atoms with Crippen LogP contribution in [-0.4, -0.2) is 87.3 Å². The summed E-state index contributed by atoms with van der Waals surface area (Å²) in [5.74, 6) is 0.695. The Bertz CT molecular complexity index is 1190. The van der Waals surface area contributed by atoms with E-state index in [9.17, 15) is 25.5 Å². The molecule has 8 heteroatoms. The summed E-state index contributed by atoms with van der Waals surface area (Å²) in [4.78, 5) is 0. The molecule has 2 aliphatic heterocycles. The van der Waals surface area contributed by atoms with Crippen LogP contribution < -0.4 is 0 Å². The van der Waals surface area contributed by atoms with Gasteiger partial charge in [-0.15, -0.1) is 0 Å². The topological polar surface area (TPSA) is 129 Å². The zero-order valence-electron chi connectivity index (χ0n) is 28.0. The van der Waals surface area contributed by atoms with Gasteiger partial charge in [-0.3, -0.25) is 0 Å². The van der Waals surface area contributed by atoms with E-state index in [1.807, 2.05) is 0 Å². The molecule has 4 saturated carbocycles. The molecule has 2 bridgehead atoms. The minimum absolute atomic E-state index is 0.0582. The highest BCUT2D eigenvalue weighted by Gasteiger charge is 2.79. The van der Waals surface area contributed by atoms with Gasteiger partial charge in [0.1, 0.15) is 18.3 Å². The predicted octanol–water partition coefficient (Wildman–Crippen LogP) is 3.95. The number of hydrogen-bond donors (Lipinski definition) is 5. The van der Waals surface area contributed by atoms with Crippen molar-refractivity contribution in [3.05, 3.63) is 12.2 Å². The van der Waals surface area contributed by atoms with E-state index in [1.165, 1.54) is 0 Å². The van der Waals surface area contributed by atoms with Gasteiger partial charge in [0.25, 0.3) is 0 Å². The summed E-state index contributed by atoms with van der Waals surface area (Å²) in [6, 6.07) is 0. The molecule has 0 aromatic rings. The van der Waals surface area contributed by atoms with Crippen molar-refractivity contribution in [2.75, 3.05) is 13.2 Å². The lowest BCUT2D eigenvalue weighted by Gasteiger charge is -2.73. The standard InChI is InChI=1S/C36H58O8/c1-20-26(39)27(40)28(41)29(43-20)44-25-10-11-31(4)21(32(25,5)18-37)8-12-33(6)22(31)9-13-36-23-16-30(2,3)14-15-35(23,19-42-36)24(38)17-34(33,36)7/h9,13,20-29,37-41H,8,10-12,14-19H2,1-7H3/t20-,21-,22-,23-,24+,25+,26+,27+,28-,29+,31+,32+,33-,34+,35?,36?/m1/s1. The monoisotopic (exact) mass is 618 g/mol. The molecule has 8 nitrogen and oxygen atoms in total. The Hall–Kier alpha value is -0.580. The maximum Gasteiger partial charge on any atom is 0.186 e. The van der Waals surface area contributed by atoms with Crippen molar-refractivity contribution in [3.63, 3.8) is 0 Å². The molecule has 7 rings (SSSR count). The van der Waals surface area contributed by atoms with Crippen LogP contribution in [0.5, 0.6) is 0 Å². The second-order valence-corrected chi connectivity index (χ2v) is 18.1. The zero-order chi connectivity index (χ0) is 31.9. The first-order valence-corrected chi connectivity index (χ1v) is 17.4. The molecular weight excluding hydrogens is 560 g/mol. The van der Waals surface area contributed by atoms with Crippen LogP contribution in [0.3, 0.4) is 0 Å². The van der Waals surface area contributed by atoms with E-state index in [0.717, 1.165) is 44.9 Å². The Morgan fingerprint density at radius 1 is 0.841 bits per heavy atom. The maximum atomic E-state index is 12.0. The molecule has 250 valence electrons. The van der Waals surface area contributed by atoms with Crippen LogP contribution in [0.4, 0.5) is 0 Å². The van der Waals surface area contributed by atoms with Gasteiger partial charge in [-0.25, -0.2) is 0 Å². The Morgan fingerprint density at radius 2 is 1.57 bits per heavy atom. The van der Waals surface area contributed by atoms with Gasteiger partial charge < -0.3 is 39.7 Å². The van der Waals surface area contributed by atoms with Gasteiger partial charge in [0.2, 0.25) is 0 Å². The fourth-order valence-electron chi connectivity index (χ4n) is 12.8. The van der Waals surface area contributed by atoms with Crippen molar-refractivity contribution in [2.45, 2.75) is 148 Å². The summed E-state index contributed by atoms with van der Waals surface area (Å²) in [6.07, 6.45) is 5.98. The number of aliphatic hydroxyl groups is 5. The average molecular weight is 619 g/mol. The summed E-state index contributed by atoms with van der Waals surface area (Å²) in [7, 11) is 0. The Labute approximate surface area is 263 Å². The normalized spacial score (nSPS) is 61.0. The largest absolute Gasteiger partial charge is 0.396 e. The van der Waals surface area contributed by atoms with Crippen LogP contribution in [0.1, 0.15) is 99.8 Å². The summed E-state index contributed by atoms with van der Waals surface area (Å²) >= 11 is 0. The molecule has 16 atom stereocenters. The molecule has 2 unspecified atom stereocenters. The molecular formula is C36H58O8. The summed E-state index contributed by atoms with van der Waals surface area (Å²) < 4.78 is 19.4. The van der Waals surface area contributed by atoms with Gasteiger partial charge in [0.15, 0.2) is 6.29 Å². The van der Waals surface area contributed by atoms with E-state index in [1.54, 1.807) is 6.92 Å². The predicted molar refractivity (Wildman–Crippen MR) is 164 cm³/mol. The van der Waals surface area contributed by atoms with E-state index < -0.39 is 36.1 Å². The molecule has 44 heavy (non-hydrogen) atoms. The summed E-state index contributed by atoms with van der Waals surface area (Å²) in [5, 5.41) is 54.4. The molecule has 7 aliphatic rings. The van der Waals surface area contributed by atoms with Gasteiger partial charge in [0, 0.05) is 22.2 Å². The molecule has 0 amide bonds. The van der Waals surface area contributed by atoms with Crippen LogP contribution in [0.15, 0.2) is 12.2 Å². The number of aliphatic hydroxyl groups excluding tert-OH is 5. The van der Waals surface area contributed by atoms with Crippen LogP contribution >= 0.6 is 0 Å². The quantitative estimate of drug-likeness (QED) is 0.238. The zero-order valence-corrected chi connectivity index (χ0v) is 28.0. The second-order valence-electron chi connectivity index (χ2n) is 18.1. The fourth-order valence-corrected chi connectivity index (χ4v) is 12.8. The summed E-state index contributed by atoms with van der Waals surface area (Å²) in [6.45, 7) is 16.4. The minimum Gasteiger partial charge on any atom is -0.396 e. The van der Waals surface area contributed by atoms with Crippen molar-refractivity contribution in [2.24, 2.45) is 50.2 Å². The van der Waals surface area contributed by atoms with Crippen LogP contribution in [0.2, 0.25) is 0 Å². The third kappa shape index (κ3) is 3.75. The first kappa shape index (κ1) is 32.0. The van der Waals surface area contributed by atoms with E-state index in [0.29, 0.717) is 18.9 Å². The van der Waals surface area contributed by atoms with Crippen LogP contribution in [-0.2, 0) is 14.2 Å². The fraction of sp³-hybridized carbons (Fsp3) is 0.944. The number of hydrogen-bond acceptors (Lipinski definition) is 8. The van der Waals surface area contributed by atoms with Gasteiger partial charge in [-0.1, -0.05) is 53.7 Å². The number of ether oxygens (including phenoxy) is 3. The summed E-state index contributed by atoms with van der Waals surface area (Å²) in [5.41, 5.74) is -1.36. The van der Waals surface area contributed by atoms with E-state index >= 15 is 0 Å². The van der Waals surface area contributed by atoms with Crippen LogP contribution in [0, 0.1) is 50.2 Å². The number of allylic oxidation sites excluding steroid dienone is 1. The molecule has 2 saturated heterocycles. The minimum atomic E-state index is -1.37. The van der Waals surface area contributed by atoms with Crippen molar-refractivity contribution < 1.29 is 39.7 Å². The third-order valence-electron chi connectivity index (χ3n) is 15.8.